The minimum Gasteiger partial charge on any atom is -0.469 e. The van der Waals surface area contributed by atoms with Crippen LogP contribution in [0.2, 0.25) is 0 Å². The summed E-state index contributed by atoms with van der Waals surface area (Å²) in [4.78, 5) is 25.2. The number of hydrogen-bond donors (Lipinski definition) is 1. The van der Waals surface area contributed by atoms with Crippen molar-refractivity contribution >= 4 is 35.0 Å². The minimum absolute atomic E-state index is 0.129. The molecule has 2 rings (SSSR count). The minimum atomic E-state index is -0.269. The fourth-order valence-corrected chi connectivity index (χ4v) is 3.05. The number of nitrogens with zero attached hydrogens (tertiary/aromatic N) is 1. The molecule has 0 aromatic heterocycles. The maximum absolute atomic E-state index is 11.9. The van der Waals surface area contributed by atoms with Gasteiger partial charge in [-0.25, -0.2) is 0 Å². The van der Waals surface area contributed by atoms with Crippen LogP contribution in [0.5, 0.6) is 0 Å². The van der Waals surface area contributed by atoms with Crippen molar-refractivity contribution in [2.24, 2.45) is 5.92 Å². The van der Waals surface area contributed by atoms with E-state index in [1.807, 2.05) is 36.1 Å². The number of anilines is 1. The molecule has 1 heterocycles. The monoisotopic (exact) mass is 364 g/mol. The second-order valence-corrected chi connectivity index (χ2v) is 6.30. The third-order valence-corrected chi connectivity index (χ3v) is 4.47. The van der Waals surface area contributed by atoms with Crippen molar-refractivity contribution < 1.29 is 19.1 Å². The molecule has 0 saturated carbocycles. The van der Waals surface area contributed by atoms with Gasteiger partial charge < -0.3 is 19.7 Å². The van der Waals surface area contributed by atoms with Gasteiger partial charge in [0.2, 0.25) is 0 Å². The highest BCUT2D eigenvalue weighted by Crippen LogP contribution is 2.19. The van der Waals surface area contributed by atoms with Gasteiger partial charge in [-0.15, -0.1) is 0 Å². The number of esters is 2. The summed E-state index contributed by atoms with van der Waals surface area (Å²) in [6, 6.07) is 7.47. The van der Waals surface area contributed by atoms with Crippen molar-refractivity contribution in [1.82, 2.24) is 4.90 Å². The van der Waals surface area contributed by atoms with Crippen molar-refractivity contribution in [3.8, 4) is 0 Å². The van der Waals surface area contributed by atoms with E-state index in [1.54, 1.807) is 0 Å². The van der Waals surface area contributed by atoms with Gasteiger partial charge in [-0.05, 0) is 49.7 Å². The molecule has 1 aromatic carbocycles. The number of carbonyl (C=O) groups excluding carboxylic acids is 2. The van der Waals surface area contributed by atoms with Gasteiger partial charge in [0.05, 0.1) is 26.1 Å². The van der Waals surface area contributed by atoms with E-state index < -0.39 is 0 Å². The number of ether oxygens (including phenoxy) is 2. The lowest BCUT2D eigenvalue weighted by atomic mass is 9.98. The van der Waals surface area contributed by atoms with Crippen LogP contribution in [-0.2, 0) is 25.5 Å². The van der Waals surface area contributed by atoms with Gasteiger partial charge in [0.25, 0.3) is 0 Å². The predicted octanol–water partition coefficient (Wildman–Crippen LogP) is 2.37. The van der Waals surface area contributed by atoms with Crippen LogP contribution >= 0.6 is 12.2 Å². The Balaban J connectivity index is 1.90. The number of carbonyl (C=O) groups is 2. The second-order valence-electron chi connectivity index (χ2n) is 5.92. The maximum atomic E-state index is 11.9. The Hall–Kier alpha value is -2.15. The molecule has 0 radical (unpaired) electrons. The first-order valence-electron chi connectivity index (χ1n) is 8.41. The molecule has 1 aliphatic heterocycles. The van der Waals surface area contributed by atoms with E-state index in [9.17, 15) is 9.59 Å². The normalized spacial score (nSPS) is 16.9. The van der Waals surface area contributed by atoms with Crippen LogP contribution < -0.4 is 5.32 Å². The van der Waals surface area contributed by atoms with Gasteiger partial charge in [0, 0.05) is 18.8 Å². The second kappa shape index (κ2) is 9.36. The first kappa shape index (κ1) is 19.2. The first-order chi connectivity index (χ1) is 12.0. The summed E-state index contributed by atoms with van der Waals surface area (Å²) in [6.45, 7) is 3.61. The number of hydrogen-bond acceptors (Lipinski definition) is 5. The zero-order valence-electron chi connectivity index (χ0n) is 14.6. The SMILES string of the molecule is CCOC(=O)C1CCCN(C(=S)Nc2ccc(CC(=O)OC)cc2)C1. The molecular weight excluding hydrogens is 340 g/mol. The van der Waals surface area contributed by atoms with Crippen molar-refractivity contribution in [3.63, 3.8) is 0 Å². The Labute approximate surface area is 153 Å². The van der Waals surface area contributed by atoms with Crippen molar-refractivity contribution in [2.75, 3.05) is 32.1 Å². The lowest BCUT2D eigenvalue weighted by Crippen LogP contribution is -2.44. The third kappa shape index (κ3) is 5.70. The van der Waals surface area contributed by atoms with Crippen LogP contribution in [0.15, 0.2) is 24.3 Å². The van der Waals surface area contributed by atoms with Gasteiger partial charge in [0.1, 0.15) is 0 Å². The Kier molecular flexibility index (Phi) is 7.18. The average molecular weight is 364 g/mol. The molecule has 1 atom stereocenters. The van der Waals surface area contributed by atoms with E-state index in [-0.39, 0.29) is 24.3 Å². The first-order valence-corrected chi connectivity index (χ1v) is 8.82. The van der Waals surface area contributed by atoms with Crippen LogP contribution in [0, 0.1) is 5.92 Å². The molecular formula is C18H24N2O4S. The molecule has 1 N–H and O–H groups in total. The summed E-state index contributed by atoms with van der Waals surface area (Å²) >= 11 is 5.47. The van der Waals surface area contributed by atoms with Crippen LogP contribution in [0.3, 0.4) is 0 Å². The topological polar surface area (TPSA) is 67.9 Å². The van der Waals surface area contributed by atoms with Gasteiger partial charge in [-0.2, -0.15) is 0 Å². The van der Waals surface area contributed by atoms with Crippen molar-refractivity contribution in [3.05, 3.63) is 29.8 Å². The number of methoxy groups -OCH3 is 1. The van der Waals surface area contributed by atoms with Crippen LogP contribution in [0.1, 0.15) is 25.3 Å². The standard InChI is InChI=1S/C18H24N2O4S/c1-3-24-17(22)14-5-4-10-20(12-14)18(25)19-15-8-6-13(7-9-15)11-16(21)23-2/h6-9,14H,3-5,10-12H2,1-2H3,(H,19,25). The molecule has 1 unspecified atom stereocenters. The van der Waals surface area contributed by atoms with E-state index in [2.05, 4.69) is 10.1 Å². The Morgan fingerprint density at radius 3 is 2.68 bits per heavy atom. The number of nitrogens with one attached hydrogen (secondary N) is 1. The van der Waals surface area contributed by atoms with Crippen molar-refractivity contribution in [2.45, 2.75) is 26.2 Å². The Morgan fingerprint density at radius 2 is 2.04 bits per heavy atom. The number of piperidine rings is 1. The van der Waals surface area contributed by atoms with Gasteiger partial charge in [-0.3, -0.25) is 9.59 Å². The van der Waals surface area contributed by atoms with Crippen LogP contribution in [-0.4, -0.2) is 48.8 Å². The summed E-state index contributed by atoms with van der Waals surface area (Å²) in [7, 11) is 1.37. The lowest BCUT2D eigenvalue weighted by Gasteiger charge is -2.33. The number of rotatable bonds is 5. The van der Waals surface area contributed by atoms with E-state index in [1.165, 1.54) is 7.11 Å². The summed E-state index contributed by atoms with van der Waals surface area (Å²) in [5.74, 6) is -0.549. The molecule has 1 fully saturated rings. The van der Waals surface area contributed by atoms with Crippen LogP contribution in [0.4, 0.5) is 5.69 Å². The van der Waals surface area contributed by atoms with E-state index in [4.69, 9.17) is 17.0 Å². The molecule has 0 aliphatic carbocycles. The molecule has 1 aliphatic rings. The summed E-state index contributed by atoms with van der Waals surface area (Å²) < 4.78 is 9.77. The molecule has 1 aromatic rings. The highest BCUT2D eigenvalue weighted by Gasteiger charge is 2.28. The van der Waals surface area contributed by atoms with Gasteiger partial charge in [0.15, 0.2) is 5.11 Å². The van der Waals surface area contributed by atoms with E-state index >= 15 is 0 Å². The molecule has 1 saturated heterocycles. The average Bonchev–Trinajstić information content (AvgIpc) is 2.63. The molecule has 0 spiro atoms. The maximum Gasteiger partial charge on any atom is 0.310 e. The fourth-order valence-electron chi connectivity index (χ4n) is 2.76. The largest absolute Gasteiger partial charge is 0.469 e. The molecule has 136 valence electrons. The third-order valence-electron chi connectivity index (χ3n) is 4.11. The van der Waals surface area contributed by atoms with Gasteiger partial charge >= 0.3 is 11.9 Å². The molecule has 0 amide bonds. The van der Waals surface area contributed by atoms with E-state index in [0.29, 0.717) is 18.3 Å². The molecule has 6 nitrogen and oxygen atoms in total. The smallest absolute Gasteiger partial charge is 0.310 e. The quantitative estimate of drug-likeness (QED) is 0.635. The zero-order chi connectivity index (χ0) is 18.2. The van der Waals surface area contributed by atoms with Gasteiger partial charge in [-0.1, -0.05) is 12.1 Å². The van der Waals surface area contributed by atoms with E-state index in [0.717, 1.165) is 30.6 Å². The fraction of sp³-hybridized carbons (Fsp3) is 0.500. The predicted molar refractivity (Wildman–Crippen MR) is 99.3 cm³/mol. The summed E-state index contributed by atoms with van der Waals surface area (Å²) in [5.41, 5.74) is 1.72. The Morgan fingerprint density at radius 1 is 1.32 bits per heavy atom. The molecule has 0 bridgehead atoms. The highest BCUT2D eigenvalue weighted by molar-refractivity contribution is 7.80. The summed E-state index contributed by atoms with van der Waals surface area (Å²) in [6.07, 6.45) is 1.98. The highest BCUT2D eigenvalue weighted by atomic mass is 32.1. The zero-order valence-corrected chi connectivity index (χ0v) is 15.4. The number of likely N-dealkylation sites (tertiary alicyclic amines) is 1. The number of thiocarbonyl (C=S) groups is 1. The van der Waals surface area contributed by atoms with Crippen molar-refractivity contribution in [1.29, 1.82) is 0 Å². The Bertz CT molecular complexity index is 618. The van der Waals surface area contributed by atoms with Crippen LogP contribution in [0.25, 0.3) is 0 Å². The number of benzene rings is 1. The molecule has 7 heteroatoms. The lowest BCUT2D eigenvalue weighted by molar-refractivity contribution is -0.149. The summed E-state index contributed by atoms with van der Waals surface area (Å²) in [5, 5.41) is 3.78. The molecule has 25 heavy (non-hydrogen) atoms.